The van der Waals surface area contributed by atoms with E-state index in [-0.39, 0.29) is 11.0 Å². The van der Waals surface area contributed by atoms with Crippen LogP contribution in [0.5, 0.6) is 0 Å². The lowest BCUT2D eigenvalue weighted by Gasteiger charge is -2.32. The molecule has 0 unspecified atom stereocenters. The molecule has 0 amide bonds. The van der Waals surface area contributed by atoms with E-state index < -0.39 is 5.97 Å². The fourth-order valence-electron chi connectivity index (χ4n) is 2.28. The maximum atomic E-state index is 11.0. The number of nitrogens with zero attached hydrogens (tertiary/aromatic N) is 2. The Balaban J connectivity index is 2.16. The van der Waals surface area contributed by atoms with Gasteiger partial charge < -0.3 is 10.0 Å². The minimum atomic E-state index is -0.911. The van der Waals surface area contributed by atoms with Gasteiger partial charge in [-0.05, 0) is 24.0 Å². The predicted molar refractivity (Wildman–Crippen MR) is 75.6 cm³/mol. The molecule has 1 aliphatic heterocycles. The second-order valence-electron chi connectivity index (χ2n) is 5.88. The highest BCUT2D eigenvalue weighted by Crippen LogP contribution is 2.31. The van der Waals surface area contributed by atoms with Crippen LogP contribution in [-0.2, 0) is 0 Å². The third-order valence-corrected chi connectivity index (χ3v) is 3.49. The van der Waals surface area contributed by atoms with E-state index in [1.165, 1.54) is 11.6 Å². The quantitative estimate of drug-likeness (QED) is 0.831. The monoisotopic (exact) mass is 260 g/mol. The molecule has 0 saturated carbocycles. The fraction of sp³-hybridized carbons (Fsp3) is 0.467. The van der Waals surface area contributed by atoms with Gasteiger partial charge in [-0.15, -0.1) is 0 Å². The molecule has 0 aromatic carbocycles. The number of pyridine rings is 1. The van der Waals surface area contributed by atoms with Crippen LogP contribution in [0.1, 0.15) is 37.6 Å². The summed E-state index contributed by atoms with van der Waals surface area (Å²) in [5, 5.41) is 9.00. The number of carbonyl (C=O) groups is 1. The van der Waals surface area contributed by atoms with Gasteiger partial charge in [-0.25, -0.2) is 9.78 Å². The fourth-order valence-corrected chi connectivity index (χ4v) is 2.28. The first-order valence-electron chi connectivity index (χ1n) is 6.52. The lowest BCUT2D eigenvalue weighted by atomic mass is 9.83. The summed E-state index contributed by atoms with van der Waals surface area (Å²) in [6.45, 7) is 8.34. The number of aromatic carboxylic acids is 1. The molecule has 4 nitrogen and oxygen atoms in total. The van der Waals surface area contributed by atoms with E-state index in [1.54, 1.807) is 12.3 Å². The van der Waals surface area contributed by atoms with Crippen molar-refractivity contribution in [3.63, 3.8) is 0 Å². The molecule has 0 bridgehead atoms. The van der Waals surface area contributed by atoms with Crippen LogP contribution in [0.4, 0.5) is 5.82 Å². The van der Waals surface area contributed by atoms with Crippen LogP contribution < -0.4 is 4.90 Å². The molecule has 0 radical (unpaired) electrons. The zero-order chi connectivity index (χ0) is 14.0. The molecule has 0 spiro atoms. The van der Waals surface area contributed by atoms with Crippen molar-refractivity contribution in [3.05, 3.63) is 35.5 Å². The van der Waals surface area contributed by atoms with Crippen molar-refractivity contribution in [1.82, 2.24) is 4.98 Å². The SMILES string of the molecule is CC(C)(C)C1=CCN(c2cc(C(=O)O)ccn2)CC1. The van der Waals surface area contributed by atoms with E-state index in [0.29, 0.717) is 0 Å². The lowest BCUT2D eigenvalue weighted by molar-refractivity contribution is 0.0697. The normalized spacial score (nSPS) is 16.2. The topological polar surface area (TPSA) is 53.4 Å². The summed E-state index contributed by atoms with van der Waals surface area (Å²) in [5.74, 6) is -0.171. The number of carboxylic acids is 1. The van der Waals surface area contributed by atoms with Crippen molar-refractivity contribution in [1.29, 1.82) is 0 Å². The number of anilines is 1. The van der Waals surface area contributed by atoms with Crippen LogP contribution >= 0.6 is 0 Å². The smallest absolute Gasteiger partial charge is 0.335 e. The molecular formula is C15H20N2O2. The van der Waals surface area contributed by atoms with E-state index in [9.17, 15) is 4.79 Å². The van der Waals surface area contributed by atoms with Crippen LogP contribution in [0.2, 0.25) is 0 Å². The molecule has 1 aromatic rings. The average Bonchev–Trinajstić information content (AvgIpc) is 2.38. The number of hydrogen-bond donors (Lipinski definition) is 1. The van der Waals surface area contributed by atoms with Gasteiger partial charge in [-0.1, -0.05) is 32.4 Å². The third kappa shape index (κ3) is 3.13. The molecule has 4 heteroatoms. The molecule has 0 atom stereocenters. The van der Waals surface area contributed by atoms with Gasteiger partial charge in [0.2, 0.25) is 0 Å². The molecule has 0 aliphatic carbocycles. The van der Waals surface area contributed by atoms with Crippen molar-refractivity contribution in [3.8, 4) is 0 Å². The predicted octanol–water partition coefficient (Wildman–Crippen LogP) is 2.96. The average molecular weight is 260 g/mol. The Hall–Kier alpha value is -1.84. The van der Waals surface area contributed by atoms with Crippen molar-refractivity contribution in [2.75, 3.05) is 18.0 Å². The maximum absolute atomic E-state index is 11.0. The first-order valence-corrected chi connectivity index (χ1v) is 6.52. The Morgan fingerprint density at radius 1 is 1.42 bits per heavy atom. The molecule has 102 valence electrons. The van der Waals surface area contributed by atoms with Crippen molar-refractivity contribution >= 4 is 11.8 Å². The van der Waals surface area contributed by atoms with E-state index in [4.69, 9.17) is 5.11 Å². The van der Waals surface area contributed by atoms with Crippen LogP contribution in [0, 0.1) is 5.41 Å². The highest BCUT2D eigenvalue weighted by Gasteiger charge is 2.22. The summed E-state index contributed by atoms with van der Waals surface area (Å²) < 4.78 is 0. The lowest BCUT2D eigenvalue weighted by Crippen LogP contribution is -2.31. The highest BCUT2D eigenvalue weighted by molar-refractivity contribution is 5.88. The number of carboxylic acid groups (broad SMARTS) is 1. The molecule has 2 heterocycles. The Morgan fingerprint density at radius 2 is 2.16 bits per heavy atom. The molecule has 1 N–H and O–H groups in total. The van der Waals surface area contributed by atoms with Crippen LogP contribution in [0.15, 0.2) is 30.0 Å². The Labute approximate surface area is 113 Å². The highest BCUT2D eigenvalue weighted by atomic mass is 16.4. The summed E-state index contributed by atoms with van der Waals surface area (Å²) in [5.41, 5.74) is 1.95. The van der Waals surface area contributed by atoms with Crippen molar-refractivity contribution < 1.29 is 9.90 Å². The van der Waals surface area contributed by atoms with Crippen LogP contribution in [0.25, 0.3) is 0 Å². The van der Waals surface area contributed by atoms with Gasteiger partial charge in [0.05, 0.1) is 5.56 Å². The van der Waals surface area contributed by atoms with Crippen LogP contribution in [-0.4, -0.2) is 29.1 Å². The number of aromatic nitrogens is 1. The number of hydrogen-bond acceptors (Lipinski definition) is 3. The standard InChI is InChI=1S/C15H20N2O2/c1-15(2,3)12-5-8-17(9-6-12)13-10-11(14(18)19)4-7-16-13/h4-5,7,10H,6,8-9H2,1-3H3,(H,18,19). The molecule has 0 saturated heterocycles. The van der Waals surface area contributed by atoms with Crippen molar-refractivity contribution in [2.45, 2.75) is 27.2 Å². The zero-order valence-corrected chi connectivity index (χ0v) is 11.7. The second-order valence-corrected chi connectivity index (χ2v) is 5.88. The zero-order valence-electron chi connectivity index (χ0n) is 11.7. The summed E-state index contributed by atoms with van der Waals surface area (Å²) in [7, 11) is 0. The first kappa shape index (κ1) is 13.6. The molecule has 1 aliphatic rings. The minimum absolute atomic E-state index is 0.211. The molecule has 1 aromatic heterocycles. The first-order chi connectivity index (χ1) is 8.88. The summed E-state index contributed by atoms with van der Waals surface area (Å²) >= 11 is 0. The van der Waals surface area contributed by atoms with E-state index >= 15 is 0 Å². The van der Waals surface area contributed by atoms with Gasteiger partial charge in [0.15, 0.2) is 0 Å². The Bertz CT molecular complexity index is 515. The van der Waals surface area contributed by atoms with E-state index in [0.717, 1.165) is 25.3 Å². The summed E-state index contributed by atoms with van der Waals surface area (Å²) in [4.78, 5) is 17.3. The largest absolute Gasteiger partial charge is 0.478 e. The van der Waals surface area contributed by atoms with Gasteiger partial charge in [0, 0.05) is 19.3 Å². The molecule has 2 rings (SSSR count). The third-order valence-electron chi connectivity index (χ3n) is 3.49. The second kappa shape index (κ2) is 5.03. The van der Waals surface area contributed by atoms with Gasteiger partial charge in [0.25, 0.3) is 0 Å². The van der Waals surface area contributed by atoms with Crippen molar-refractivity contribution in [2.24, 2.45) is 5.41 Å². The van der Waals surface area contributed by atoms with Crippen LogP contribution in [0.3, 0.4) is 0 Å². The van der Waals surface area contributed by atoms with Gasteiger partial charge in [-0.2, -0.15) is 0 Å². The Morgan fingerprint density at radius 3 is 2.68 bits per heavy atom. The van der Waals surface area contributed by atoms with Gasteiger partial charge in [0.1, 0.15) is 5.82 Å². The van der Waals surface area contributed by atoms with E-state index in [1.807, 2.05) is 0 Å². The van der Waals surface area contributed by atoms with Gasteiger partial charge >= 0.3 is 5.97 Å². The maximum Gasteiger partial charge on any atom is 0.335 e. The van der Waals surface area contributed by atoms with Gasteiger partial charge in [-0.3, -0.25) is 0 Å². The van der Waals surface area contributed by atoms with E-state index in [2.05, 4.69) is 36.7 Å². The molecular weight excluding hydrogens is 240 g/mol. The molecule has 0 fully saturated rings. The minimum Gasteiger partial charge on any atom is -0.478 e. The Kier molecular flexibility index (Phi) is 3.60. The summed E-state index contributed by atoms with van der Waals surface area (Å²) in [6.07, 6.45) is 4.79. The number of rotatable bonds is 2. The molecule has 19 heavy (non-hydrogen) atoms. The summed E-state index contributed by atoms with van der Waals surface area (Å²) in [6, 6.07) is 3.16.